The van der Waals surface area contributed by atoms with E-state index in [1.54, 1.807) is 11.8 Å². The molecule has 1 amide bonds. The number of aryl methyl sites for hydroxylation is 1. The van der Waals surface area contributed by atoms with E-state index in [9.17, 15) is 14.7 Å². The number of β-amino-alcohol motifs (C(OH)–C–C–N with tert-alkyl or cyclic N) is 1. The van der Waals surface area contributed by atoms with Gasteiger partial charge in [-0.2, -0.15) is 0 Å². The van der Waals surface area contributed by atoms with Crippen molar-refractivity contribution >= 4 is 27.5 Å². The molecule has 0 aromatic carbocycles. The normalized spacial score (nSPS) is 17.0. The van der Waals surface area contributed by atoms with Crippen molar-refractivity contribution in [1.29, 1.82) is 0 Å². The number of carbonyl (C=O) groups is 1. The molecule has 0 aliphatic carbocycles. The zero-order chi connectivity index (χ0) is 15.2. The van der Waals surface area contributed by atoms with Crippen LogP contribution in [0.3, 0.4) is 0 Å². The largest absolute Gasteiger partial charge is 0.386 e. The number of aliphatic hydroxyl groups is 1. The van der Waals surface area contributed by atoms with E-state index in [1.807, 2.05) is 6.92 Å². The highest BCUT2D eigenvalue weighted by Gasteiger charge is 2.43. The number of carbonyl (C=O) groups excluding carboxylic acids is 1. The molecule has 2 aromatic heterocycles. The highest BCUT2D eigenvalue weighted by Crippen LogP contribution is 2.32. The highest BCUT2D eigenvalue weighted by molar-refractivity contribution is 7.20. The van der Waals surface area contributed by atoms with Gasteiger partial charge in [0.25, 0.3) is 11.5 Å². The van der Waals surface area contributed by atoms with Crippen LogP contribution in [-0.2, 0) is 0 Å². The zero-order valence-corrected chi connectivity index (χ0v) is 12.8. The molecule has 0 spiro atoms. The molecule has 0 bridgehead atoms. The molecule has 7 heteroatoms. The van der Waals surface area contributed by atoms with Crippen LogP contribution >= 0.6 is 11.3 Å². The van der Waals surface area contributed by atoms with Crippen molar-refractivity contribution < 1.29 is 9.90 Å². The summed E-state index contributed by atoms with van der Waals surface area (Å²) in [7, 11) is 0. The first-order valence-electron chi connectivity index (χ1n) is 6.93. The summed E-state index contributed by atoms with van der Waals surface area (Å²) in [6.07, 6.45) is 2.93. The van der Waals surface area contributed by atoms with Gasteiger partial charge in [0.15, 0.2) is 0 Å². The van der Waals surface area contributed by atoms with Gasteiger partial charge in [0.05, 0.1) is 35.3 Å². The van der Waals surface area contributed by atoms with Gasteiger partial charge in [0.2, 0.25) is 0 Å². The van der Waals surface area contributed by atoms with Gasteiger partial charge in [-0.1, -0.05) is 13.3 Å². The molecule has 0 radical (unpaired) electrons. The van der Waals surface area contributed by atoms with Gasteiger partial charge in [-0.3, -0.25) is 9.59 Å². The summed E-state index contributed by atoms with van der Waals surface area (Å²) < 4.78 is 0. The van der Waals surface area contributed by atoms with Crippen molar-refractivity contribution in [3.05, 3.63) is 27.1 Å². The number of hydrogen-bond donors (Lipinski definition) is 2. The number of fused-ring (bicyclic) bond motifs is 1. The molecule has 3 heterocycles. The van der Waals surface area contributed by atoms with E-state index in [4.69, 9.17) is 0 Å². The Kier molecular flexibility index (Phi) is 3.33. The van der Waals surface area contributed by atoms with Gasteiger partial charge >= 0.3 is 0 Å². The number of nitrogens with one attached hydrogen (secondary N) is 1. The summed E-state index contributed by atoms with van der Waals surface area (Å²) in [4.78, 5) is 33.7. The molecule has 1 saturated heterocycles. The van der Waals surface area contributed by atoms with Crippen molar-refractivity contribution in [2.45, 2.75) is 32.3 Å². The summed E-state index contributed by atoms with van der Waals surface area (Å²) >= 11 is 1.23. The van der Waals surface area contributed by atoms with Crippen LogP contribution in [0.5, 0.6) is 0 Å². The number of hydrogen-bond acceptors (Lipinski definition) is 5. The average molecular weight is 307 g/mol. The zero-order valence-electron chi connectivity index (χ0n) is 12.0. The Morgan fingerprint density at radius 2 is 2.29 bits per heavy atom. The van der Waals surface area contributed by atoms with Crippen LogP contribution in [0.15, 0.2) is 11.1 Å². The van der Waals surface area contributed by atoms with Crippen LogP contribution in [0.2, 0.25) is 0 Å². The Morgan fingerprint density at radius 1 is 1.57 bits per heavy atom. The summed E-state index contributed by atoms with van der Waals surface area (Å²) in [6, 6.07) is 0. The fourth-order valence-corrected chi connectivity index (χ4v) is 3.98. The van der Waals surface area contributed by atoms with Crippen molar-refractivity contribution in [2.75, 3.05) is 13.1 Å². The van der Waals surface area contributed by atoms with Crippen molar-refractivity contribution in [2.24, 2.45) is 0 Å². The molecule has 0 saturated carbocycles. The molecular weight excluding hydrogens is 290 g/mol. The van der Waals surface area contributed by atoms with Crippen molar-refractivity contribution in [3.63, 3.8) is 0 Å². The van der Waals surface area contributed by atoms with Crippen molar-refractivity contribution in [1.82, 2.24) is 14.9 Å². The number of nitrogens with zero attached hydrogens (tertiary/aromatic N) is 2. The number of rotatable bonds is 3. The van der Waals surface area contributed by atoms with E-state index >= 15 is 0 Å². The monoisotopic (exact) mass is 307 g/mol. The van der Waals surface area contributed by atoms with Crippen LogP contribution in [0.1, 0.15) is 35.0 Å². The minimum absolute atomic E-state index is 0.129. The van der Waals surface area contributed by atoms with E-state index < -0.39 is 5.60 Å². The summed E-state index contributed by atoms with van der Waals surface area (Å²) in [5, 5.41) is 10.7. The fraction of sp³-hybridized carbons (Fsp3) is 0.500. The fourth-order valence-electron chi connectivity index (χ4n) is 2.86. The Balaban J connectivity index is 1.89. The van der Waals surface area contributed by atoms with Gasteiger partial charge in [-0.05, 0) is 18.9 Å². The maximum Gasteiger partial charge on any atom is 0.264 e. The van der Waals surface area contributed by atoms with Gasteiger partial charge in [-0.25, -0.2) is 4.98 Å². The predicted molar refractivity (Wildman–Crippen MR) is 80.7 cm³/mol. The summed E-state index contributed by atoms with van der Waals surface area (Å²) in [6.45, 7) is 4.49. The standard InChI is InChI=1S/C14H17N3O3S/c1-3-4-14(20)5-17(6-14)13(19)10-8(2)9-11(18)15-7-16-12(9)21-10/h7,20H,3-6H2,1-2H3,(H,15,16,18). The molecule has 1 aliphatic rings. The molecule has 21 heavy (non-hydrogen) atoms. The number of likely N-dealkylation sites (tertiary alicyclic amines) is 1. The molecule has 0 unspecified atom stereocenters. The second kappa shape index (κ2) is 4.92. The lowest BCUT2D eigenvalue weighted by Gasteiger charge is -2.46. The number of aromatic nitrogens is 2. The van der Waals surface area contributed by atoms with Crippen LogP contribution in [0.25, 0.3) is 10.2 Å². The van der Waals surface area contributed by atoms with E-state index in [0.717, 1.165) is 6.42 Å². The average Bonchev–Trinajstić information content (AvgIpc) is 2.74. The third-order valence-corrected chi connectivity index (χ3v) is 5.09. The number of thiophene rings is 1. The first-order valence-corrected chi connectivity index (χ1v) is 7.75. The molecule has 1 aliphatic heterocycles. The molecule has 2 N–H and O–H groups in total. The SMILES string of the molecule is CCCC1(O)CN(C(=O)c2sc3nc[nH]c(=O)c3c2C)C1. The van der Waals surface area contributed by atoms with Gasteiger partial charge < -0.3 is 15.0 Å². The lowest BCUT2D eigenvalue weighted by Crippen LogP contribution is -2.63. The molecule has 1 fully saturated rings. The molecule has 6 nitrogen and oxygen atoms in total. The van der Waals surface area contributed by atoms with E-state index in [2.05, 4.69) is 9.97 Å². The second-order valence-electron chi connectivity index (χ2n) is 5.60. The van der Waals surface area contributed by atoms with Crippen LogP contribution in [-0.4, -0.2) is 44.6 Å². The van der Waals surface area contributed by atoms with Crippen molar-refractivity contribution in [3.8, 4) is 0 Å². The van der Waals surface area contributed by atoms with Crippen LogP contribution < -0.4 is 5.56 Å². The highest BCUT2D eigenvalue weighted by atomic mass is 32.1. The molecule has 3 rings (SSSR count). The lowest BCUT2D eigenvalue weighted by molar-refractivity contribution is -0.0858. The quantitative estimate of drug-likeness (QED) is 0.894. The predicted octanol–water partition coefficient (Wildman–Crippen LogP) is 1.28. The third-order valence-electron chi connectivity index (χ3n) is 3.90. The van der Waals surface area contributed by atoms with E-state index in [-0.39, 0.29) is 11.5 Å². The Bertz CT molecular complexity index is 758. The smallest absolute Gasteiger partial charge is 0.264 e. The molecule has 2 aromatic rings. The summed E-state index contributed by atoms with van der Waals surface area (Å²) in [5.41, 5.74) is -0.302. The maximum atomic E-state index is 12.5. The molecular formula is C14H17N3O3S. The Labute approximate surface area is 125 Å². The van der Waals surface area contributed by atoms with Gasteiger partial charge in [0, 0.05) is 0 Å². The Morgan fingerprint density at radius 3 is 2.90 bits per heavy atom. The van der Waals surface area contributed by atoms with Gasteiger partial charge in [0.1, 0.15) is 4.83 Å². The van der Waals surface area contributed by atoms with Crippen LogP contribution in [0.4, 0.5) is 0 Å². The van der Waals surface area contributed by atoms with E-state index in [0.29, 0.717) is 40.2 Å². The van der Waals surface area contributed by atoms with E-state index in [1.165, 1.54) is 17.7 Å². The minimum Gasteiger partial charge on any atom is -0.386 e. The topological polar surface area (TPSA) is 86.3 Å². The lowest BCUT2D eigenvalue weighted by atomic mass is 9.89. The number of H-pyrrole nitrogens is 1. The first-order chi connectivity index (χ1) is 9.95. The minimum atomic E-state index is -0.745. The maximum absolute atomic E-state index is 12.5. The number of aromatic amines is 1. The van der Waals surface area contributed by atoms with Crippen LogP contribution in [0, 0.1) is 6.92 Å². The molecule has 112 valence electrons. The van der Waals surface area contributed by atoms with Gasteiger partial charge in [-0.15, -0.1) is 11.3 Å². The number of amides is 1. The molecule has 0 atom stereocenters. The first kappa shape index (κ1) is 14.2. The second-order valence-corrected chi connectivity index (χ2v) is 6.60. The third kappa shape index (κ3) is 2.26. The summed E-state index contributed by atoms with van der Waals surface area (Å²) in [5.74, 6) is -0.129. The Hall–Kier alpha value is -1.73.